The molecule has 0 spiro atoms. The smallest absolute Gasteiger partial charge is 0.324 e. The summed E-state index contributed by atoms with van der Waals surface area (Å²) in [5.41, 5.74) is 3.06. The summed E-state index contributed by atoms with van der Waals surface area (Å²) in [7, 11) is -3.46. The molecule has 5 aromatic rings. The van der Waals surface area contributed by atoms with Crippen LogP contribution in [0.25, 0.3) is 16.6 Å². The highest BCUT2D eigenvalue weighted by molar-refractivity contribution is 7.92. The summed E-state index contributed by atoms with van der Waals surface area (Å²) in [6, 6.07) is 20.9. The normalized spacial score (nSPS) is 11.4. The van der Waals surface area contributed by atoms with Gasteiger partial charge in [-0.2, -0.15) is 5.10 Å². The molecule has 0 bridgehead atoms. The molecule has 11 nitrogen and oxygen atoms in total. The SMILES string of the molecule is CC(C)c1cc(NC(=O)Nc2ccc(Oc3ccnc(NS(C)(=O)=O)c3)cc2)n(-c2ccc3ncccc3c2)n1. The van der Waals surface area contributed by atoms with Crippen LogP contribution in [-0.4, -0.2) is 40.5 Å². The van der Waals surface area contributed by atoms with Crippen molar-refractivity contribution < 1.29 is 17.9 Å². The fraction of sp³-hybridized carbons (Fsp3) is 0.143. The first-order valence-electron chi connectivity index (χ1n) is 12.4. The topological polar surface area (TPSA) is 140 Å². The van der Waals surface area contributed by atoms with Gasteiger partial charge >= 0.3 is 6.03 Å². The van der Waals surface area contributed by atoms with Crippen LogP contribution in [0.1, 0.15) is 25.5 Å². The summed E-state index contributed by atoms with van der Waals surface area (Å²) in [6.07, 6.45) is 4.23. The molecule has 0 radical (unpaired) electrons. The summed E-state index contributed by atoms with van der Waals surface area (Å²) in [4.78, 5) is 21.2. The number of nitrogens with zero attached hydrogens (tertiary/aromatic N) is 4. The number of hydrogen-bond donors (Lipinski definition) is 3. The molecule has 2 amide bonds. The summed E-state index contributed by atoms with van der Waals surface area (Å²) < 4.78 is 32.7. The van der Waals surface area contributed by atoms with Gasteiger partial charge < -0.3 is 10.1 Å². The van der Waals surface area contributed by atoms with Gasteiger partial charge in [-0.15, -0.1) is 0 Å². The number of urea groups is 1. The maximum absolute atomic E-state index is 12.9. The van der Waals surface area contributed by atoms with Crippen LogP contribution in [0.2, 0.25) is 0 Å². The predicted molar refractivity (Wildman–Crippen MR) is 155 cm³/mol. The summed E-state index contributed by atoms with van der Waals surface area (Å²) in [5, 5.41) is 11.4. The van der Waals surface area contributed by atoms with Gasteiger partial charge in [0.15, 0.2) is 0 Å². The van der Waals surface area contributed by atoms with Crippen molar-refractivity contribution in [3.63, 3.8) is 0 Å². The molecule has 40 heavy (non-hydrogen) atoms. The molecule has 0 unspecified atom stereocenters. The zero-order chi connectivity index (χ0) is 28.3. The van der Waals surface area contributed by atoms with Crippen LogP contribution in [0, 0.1) is 0 Å². The third kappa shape index (κ3) is 6.53. The Morgan fingerprint density at radius 3 is 2.45 bits per heavy atom. The Bertz CT molecular complexity index is 1780. The number of ether oxygens (including phenoxy) is 1. The third-order valence-corrected chi connectivity index (χ3v) is 6.34. The second-order valence-electron chi connectivity index (χ2n) is 9.36. The highest BCUT2D eigenvalue weighted by Gasteiger charge is 2.15. The fourth-order valence-electron chi connectivity index (χ4n) is 3.90. The van der Waals surface area contributed by atoms with Crippen LogP contribution in [0.4, 0.5) is 22.1 Å². The van der Waals surface area contributed by atoms with Crippen molar-refractivity contribution in [3.8, 4) is 17.2 Å². The molecule has 0 aliphatic heterocycles. The molecule has 0 fully saturated rings. The molecule has 3 aromatic heterocycles. The molecule has 0 aliphatic rings. The molecule has 0 saturated heterocycles. The van der Waals surface area contributed by atoms with E-state index in [0.29, 0.717) is 23.0 Å². The van der Waals surface area contributed by atoms with Crippen molar-refractivity contribution in [2.24, 2.45) is 0 Å². The number of nitrogens with one attached hydrogen (secondary N) is 3. The molecule has 3 N–H and O–H groups in total. The van der Waals surface area contributed by atoms with Gasteiger partial charge in [0.1, 0.15) is 23.1 Å². The lowest BCUT2D eigenvalue weighted by Crippen LogP contribution is -2.21. The minimum atomic E-state index is -3.46. The van der Waals surface area contributed by atoms with E-state index < -0.39 is 16.1 Å². The lowest BCUT2D eigenvalue weighted by atomic mass is 10.1. The third-order valence-electron chi connectivity index (χ3n) is 5.76. The first-order chi connectivity index (χ1) is 19.1. The molecule has 0 aliphatic carbocycles. The Balaban J connectivity index is 1.28. The van der Waals surface area contributed by atoms with E-state index in [2.05, 4.69) is 25.3 Å². The number of carbonyl (C=O) groups excluding carboxylic acids is 1. The second-order valence-corrected chi connectivity index (χ2v) is 11.1. The van der Waals surface area contributed by atoms with Crippen molar-refractivity contribution in [2.45, 2.75) is 19.8 Å². The predicted octanol–water partition coefficient (Wildman–Crippen LogP) is 5.75. The highest BCUT2D eigenvalue weighted by atomic mass is 32.2. The van der Waals surface area contributed by atoms with Gasteiger partial charge in [0.2, 0.25) is 10.0 Å². The van der Waals surface area contributed by atoms with Gasteiger partial charge in [-0.1, -0.05) is 19.9 Å². The maximum Gasteiger partial charge on any atom is 0.324 e. The fourth-order valence-corrected chi connectivity index (χ4v) is 4.40. The molecule has 5 rings (SSSR count). The molecule has 2 aromatic carbocycles. The Kier molecular flexibility index (Phi) is 7.34. The number of carbonyl (C=O) groups is 1. The lowest BCUT2D eigenvalue weighted by Gasteiger charge is -2.11. The molecule has 0 atom stereocenters. The maximum atomic E-state index is 12.9. The van der Waals surface area contributed by atoms with Crippen molar-refractivity contribution in [1.29, 1.82) is 0 Å². The van der Waals surface area contributed by atoms with Crippen molar-refractivity contribution in [2.75, 3.05) is 21.6 Å². The first kappa shape index (κ1) is 26.6. The van der Waals surface area contributed by atoms with Crippen LogP contribution in [-0.2, 0) is 10.0 Å². The Morgan fingerprint density at radius 1 is 0.900 bits per heavy atom. The molecule has 204 valence electrons. The number of sulfonamides is 1. The number of amides is 2. The summed E-state index contributed by atoms with van der Waals surface area (Å²) >= 11 is 0. The van der Waals surface area contributed by atoms with Gasteiger partial charge in [0.25, 0.3) is 0 Å². The van der Waals surface area contributed by atoms with E-state index >= 15 is 0 Å². The minimum Gasteiger partial charge on any atom is -0.457 e. The second kappa shape index (κ2) is 11.0. The Hall–Kier alpha value is -4.97. The number of benzene rings is 2. The number of pyridine rings is 2. The molecular formula is C28H27N7O4S. The Labute approximate surface area is 231 Å². The number of anilines is 3. The van der Waals surface area contributed by atoms with E-state index in [1.165, 1.54) is 12.3 Å². The summed E-state index contributed by atoms with van der Waals surface area (Å²) in [6.45, 7) is 4.08. The quantitative estimate of drug-likeness (QED) is 0.221. The number of hydrogen-bond acceptors (Lipinski definition) is 7. The van der Waals surface area contributed by atoms with E-state index in [9.17, 15) is 13.2 Å². The van der Waals surface area contributed by atoms with Crippen LogP contribution in [0.15, 0.2) is 85.2 Å². The molecule has 12 heteroatoms. The van der Waals surface area contributed by atoms with Gasteiger partial charge in [-0.05, 0) is 60.5 Å². The van der Waals surface area contributed by atoms with Gasteiger partial charge in [0, 0.05) is 35.6 Å². The van der Waals surface area contributed by atoms with Gasteiger partial charge in [-0.3, -0.25) is 15.0 Å². The van der Waals surface area contributed by atoms with Crippen LogP contribution in [0.3, 0.4) is 0 Å². The van der Waals surface area contributed by atoms with Crippen molar-refractivity contribution in [1.82, 2.24) is 19.7 Å². The average Bonchev–Trinajstić information content (AvgIpc) is 3.33. The van der Waals surface area contributed by atoms with E-state index in [1.807, 2.05) is 50.2 Å². The van der Waals surface area contributed by atoms with E-state index in [1.54, 1.807) is 41.2 Å². The first-order valence-corrected chi connectivity index (χ1v) is 14.3. The van der Waals surface area contributed by atoms with Gasteiger partial charge in [-0.25, -0.2) is 22.9 Å². The van der Waals surface area contributed by atoms with Crippen LogP contribution >= 0.6 is 0 Å². The van der Waals surface area contributed by atoms with E-state index in [4.69, 9.17) is 9.84 Å². The monoisotopic (exact) mass is 557 g/mol. The number of fused-ring (bicyclic) bond motifs is 1. The summed E-state index contributed by atoms with van der Waals surface area (Å²) in [5.74, 6) is 1.74. The largest absolute Gasteiger partial charge is 0.457 e. The standard InChI is InChI=1S/C28H27N7O4S/c1-18(2)25-17-27(35(33-25)21-8-11-24-19(15-21)5-4-13-29-24)32-28(36)31-20-6-9-22(10-7-20)39-23-12-14-30-26(16-23)34-40(3,37)38/h4-18H,1-3H3,(H,30,34)(H2,31,32,36). The molecule has 3 heterocycles. The zero-order valence-corrected chi connectivity index (χ0v) is 22.8. The number of aromatic nitrogens is 4. The molecular weight excluding hydrogens is 530 g/mol. The van der Waals surface area contributed by atoms with E-state index in [0.717, 1.165) is 28.5 Å². The minimum absolute atomic E-state index is 0.148. The van der Waals surface area contributed by atoms with Crippen molar-refractivity contribution in [3.05, 3.63) is 90.9 Å². The van der Waals surface area contributed by atoms with E-state index in [-0.39, 0.29) is 11.7 Å². The zero-order valence-electron chi connectivity index (χ0n) is 22.0. The Morgan fingerprint density at radius 2 is 1.70 bits per heavy atom. The van der Waals surface area contributed by atoms with Crippen LogP contribution in [0.5, 0.6) is 11.5 Å². The average molecular weight is 558 g/mol. The van der Waals surface area contributed by atoms with Gasteiger partial charge in [0.05, 0.1) is 23.2 Å². The van der Waals surface area contributed by atoms with Crippen LogP contribution < -0.4 is 20.1 Å². The molecule has 0 saturated carbocycles. The van der Waals surface area contributed by atoms with Crippen molar-refractivity contribution >= 4 is 44.3 Å². The highest BCUT2D eigenvalue weighted by Crippen LogP contribution is 2.26. The number of rotatable bonds is 8. The lowest BCUT2D eigenvalue weighted by molar-refractivity contribution is 0.262.